The second kappa shape index (κ2) is 5.94. The highest BCUT2D eigenvalue weighted by Gasteiger charge is 2.00. The molecule has 0 unspecified atom stereocenters. The molecule has 0 saturated heterocycles. The van der Waals surface area contributed by atoms with Gasteiger partial charge in [0.15, 0.2) is 5.82 Å². The molecule has 0 saturated carbocycles. The summed E-state index contributed by atoms with van der Waals surface area (Å²) in [6, 6.07) is 10.3. The minimum atomic E-state index is 0.804. The van der Waals surface area contributed by atoms with E-state index in [-0.39, 0.29) is 0 Å². The maximum atomic E-state index is 4.26. The van der Waals surface area contributed by atoms with Crippen LogP contribution in [0, 0.1) is 0 Å². The third kappa shape index (κ3) is 3.01. The molecule has 0 radical (unpaired) electrons. The molecule has 82 valence electrons. The van der Waals surface area contributed by atoms with E-state index in [0.29, 0.717) is 0 Å². The van der Waals surface area contributed by atoms with Crippen molar-refractivity contribution in [2.75, 3.05) is 4.43 Å². The van der Waals surface area contributed by atoms with Crippen LogP contribution in [0.4, 0.5) is 0 Å². The van der Waals surface area contributed by atoms with Crippen LogP contribution in [-0.4, -0.2) is 14.4 Å². The molecule has 0 fully saturated rings. The highest BCUT2D eigenvalue weighted by Crippen LogP contribution is 2.16. The Morgan fingerprint density at radius 1 is 1.06 bits per heavy atom. The summed E-state index contributed by atoms with van der Waals surface area (Å²) in [5.74, 6) is 0.804. The largest absolute Gasteiger partial charge is 0.237 e. The van der Waals surface area contributed by atoms with Gasteiger partial charge in [-0.15, -0.1) is 0 Å². The molecule has 0 bridgehead atoms. The second-order valence-electron chi connectivity index (χ2n) is 3.57. The summed E-state index contributed by atoms with van der Waals surface area (Å²) < 4.78 is 1.20. The van der Waals surface area contributed by atoms with Gasteiger partial charge < -0.3 is 0 Å². The molecular weight excluding hydrogens is 311 g/mol. The summed E-state index contributed by atoms with van der Waals surface area (Å²) >= 11 is 2.41. The van der Waals surface area contributed by atoms with Gasteiger partial charge in [-0.3, -0.25) is 0 Å². The monoisotopic (exact) mass is 324 g/mol. The highest BCUT2D eigenvalue weighted by atomic mass is 127. The number of alkyl halides is 1. The highest BCUT2D eigenvalue weighted by molar-refractivity contribution is 14.1. The van der Waals surface area contributed by atoms with E-state index in [2.05, 4.69) is 56.8 Å². The summed E-state index contributed by atoms with van der Waals surface area (Å²) in [6.45, 7) is 0. The third-order valence-corrected chi connectivity index (χ3v) is 3.11. The zero-order valence-corrected chi connectivity index (χ0v) is 11.1. The molecule has 1 aromatic carbocycles. The van der Waals surface area contributed by atoms with Crippen molar-refractivity contribution >= 4 is 22.6 Å². The van der Waals surface area contributed by atoms with Gasteiger partial charge in [-0.2, -0.15) is 0 Å². The molecule has 3 heteroatoms. The van der Waals surface area contributed by atoms with Gasteiger partial charge in [-0.25, -0.2) is 9.97 Å². The summed E-state index contributed by atoms with van der Waals surface area (Å²) in [5, 5.41) is 0. The molecule has 0 aliphatic carbocycles. The van der Waals surface area contributed by atoms with Gasteiger partial charge in [0, 0.05) is 18.0 Å². The Morgan fingerprint density at radius 2 is 1.88 bits per heavy atom. The molecule has 2 rings (SSSR count). The van der Waals surface area contributed by atoms with Crippen molar-refractivity contribution in [3.63, 3.8) is 0 Å². The third-order valence-electron chi connectivity index (χ3n) is 2.35. The van der Waals surface area contributed by atoms with E-state index in [4.69, 9.17) is 0 Å². The Bertz CT molecular complexity index is 443. The maximum Gasteiger partial charge on any atom is 0.159 e. The number of halogens is 1. The Kier molecular flexibility index (Phi) is 4.27. The van der Waals surface area contributed by atoms with E-state index in [1.54, 1.807) is 12.4 Å². The van der Waals surface area contributed by atoms with Crippen LogP contribution < -0.4 is 0 Å². The quantitative estimate of drug-likeness (QED) is 0.635. The van der Waals surface area contributed by atoms with Crippen molar-refractivity contribution in [3.05, 3.63) is 48.3 Å². The van der Waals surface area contributed by atoms with E-state index in [1.807, 2.05) is 6.07 Å². The molecule has 1 aromatic heterocycles. The molecule has 0 spiro atoms. The number of aryl methyl sites for hydroxylation is 1. The van der Waals surface area contributed by atoms with E-state index in [0.717, 1.165) is 17.8 Å². The van der Waals surface area contributed by atoms with Gasteiger partial charge >= 0.3 is 0 Å². The van der Waals surface area contributed by atoms with Crippen LogP contribution in [0.25, 0.3) is 11.4 Å². The number of benzene rings is 1. The minimum Gasteiger partial charge on any atom is -0.237 e. The lowest BCUT2D eigenvalue weighted by Gasteiger charge is -2.03. The molecule has 1 heterocycles. The first-order chi connectivity index (χ1) is 7.90. The molecule has 2 aromatic rings. The van der Waals surface area contributed by atoms with Crippen molar-refractivity contribution in [2.45, 2.75) is 12.8 Å². The van der Waals surface area contributed by atoms with Crippen LogP contribution in [0.2, 0.25) is 0 Å². The Morgan fingerprint density at radius 3 is 2.62 bits per heavy atom. The van der Waals surface area contributed by atoms with Gasteiger partial charge in [0.1, 0.15) is 0 Å². The first-order valence-corrected chi connectivity index (χ1v) is 6.85. The predicted molar refractivity (Wildman–Crippen MR) is 74.7 cm³/mol. The Balaban J connectivity index is 2.22. The second-order valence-corrected chi connectivity index (χ2v) is 4.64. The lowest BCUT2D eigenvalue weighted by Crippen LogP contribution is -1.90. The molecule has 2 nitrogen and oxygen atoms in total. The Hall–Kier alpha value is -0.970. The topological polar surface area (TPSA) is 25.8 Å². The number of hydrogen-bond acceptors (Lipinski definition) is 2. The van der Waals surface area contributed by atoms with Crippen molar-refractivity contribution in [3.8, 4) is 11.4 Å². The normalized spacial score (nSPS) is 10.3. The van der Waals surface area contributed by atoms with Crippen LogP contribution in [0.5, 0.6) is 0 Å². The number of aromatic nitrogens is 2. The summed E-state index contributed by atoms with van der Waals surface area (Å²) in [5.41, 5.74) is 2.47. The molecule has 0 aliphatic heterocycles. The average molecular weight is 324 g/mol. The molecule has 0 N–H and O–H groups in total. The summed E-state index contributed by atoms with van der Waals surface area (Å²) in [4.78, 5) is 8.52. The fourth-order valence-electron chi connectivity index (χ4n) is 1.59. The smallest absolute Gasteiger partial charge is 0.159 e. The fraction of sp³-hybridized carbons (Fsp3) is 0.231. The van der Waals surface area contributed by atoms with E-state index < -0.39 is 0 Å². The first kappa shape index (κ1) is 11.5. The van der Waals surface area contributed by atoms with Crippen LogP contribution >= 0.6 is 22.6 Å². The van der Waals surface area contributed by atoms with E-state index in [9.17, 15) is 0 Å². The van der Waals surface area contributed by atoms with Crippen LogP contribution in [-0.2, 0) is 6.42 Å². The number of hydrogen-bond donors (Lipinski definition) is 0. The van der Waals surface area contributed by atoms with Gasteiger partial charge in [-0.1, -0.05) is 40.8 Å². The predicted octanol–water partition coefficient (Wildman–Crippen LogP) is 3.51. The molecule has 0 atom stereocenters. The zero-order valence-electron chi connectivity index (χ0n) is 8.94. The van der Waals surface area contributed by atoms with E-state index >= 15 is 0 Å². The van der Waals surface area contributed by atoms with Crippen molar-refractivity contribution in [1.29, 1.82) is 0 Å². The van der Waals surface area contributed by atoms with Gasteiger partial charge in [0.25, 0.3) is 0 Å². The van der Waals surface area contributed by atoms with Crippen LogP contribution in [0.3, 0.4) is 0 Å². The zero-order chi connectivity index (χ0) is 11.2. The molecule has 16 heavy (non-hydrogen) atoms. The van der Waals surface area contributed by atoms with Gasteiger partial charge in [-0.05, 0) is 35.0 Å². The average Bonchev–Trinajstić information content (AvgIpc) is 2.38. The van der Waals surface area contributed by atoms with Crippen molar-refractivity contribution < 1.29 is 0 Å². The van der Waals surface area contributed by atoms with Crippen molar-refractivity contribution in [2.24, 2.45) is 0 Å². The summed E-state index contributed by atoms with van der Waals surface area (Å²) in [6.07, 6.45) is 5.91. The minimum absolute atomic E-state index is 0.804. The lowest BCUT2D eigenvalue weighted by atomic mass is 10.1. The molecule has 0 aliphatic rings. The fourth-order valence-corrected chi connectivity index (χ4v) is 1.97. The Labute approximate surface area is 109 Å². The molecule has 0 amide bonds. The van der Waals surface area contributed by atoms with Gasteiger partial charge in [0.2, 0.25) is 0 Å². The van der Waals surface area contributed by atoms with Crippen LogP contribution in [0.1, 0.15) is 12.0 Å². The number of rotatable bonds is 4. The number of nitrogens with zero attached hydrogens (tertiary/aromatic N) is 2. The maximum absolute atomic E-state index is 4.26. The van der Waals surface area contributed by atoms with Crippen LogP contribution in [0.15, 0.2) is 42.7 Å². The SMILES string of the molecule is ICCCc1cccc(-c2ncccn2)c1. The summed E-state index contributed by atoms with van der Waals surface area (Å²) in [7, 11) is 0. The standard InChI is InChI=1S/C13H13IN2/c14-7-2-5-11-4-1-6-12(10-11)13-15-8-3-9-16-13/h1,3-4,6,8-10H,2,5,7H2. The van der Waals surface area contributed by atoms with E-state index in [1.165, 1.54) is 16.4 Å². The lowest BCUT2D eigenvalue weighted by molar-refractivity contribution is 0.945. The molecular formula is C13H13IN2. The first-order valence-electron chi connectivity index (χ1n) is 5.32. The van der Waals surface area contributed by atoms with Gasteiger partial charge in [0.05, 0.1) is 0 Å². The van der Waals surface area contributed by atoms with Crippen molar-refractivity contribution in [1.82, 2.24) is 9.97 Å².